The van der Waals surface area contributed by atoms with E-state index in [9.17, 15) is 4.79 Å². The molecule has 0 saturated carbocycles. The molecule has 0 radical (unpaired) electrons. The molecule has 0 heterocycles. The van der Waals surface area contributed by atoms with E-state index in [2.05, 4.69) is 0 Å². The van der Waals surface area contributed by atoms with Gasteiger partial charge in [-0.25, -0.2) is 0 Å². The van der Waals surface area contributed by atoms with Crippen LogP contribution in [0, 0.1) is 0 Å². The first-order chi connectivity index (χ1) is 10.6. The zero-order valence-electron chi connectivity index (χ0n) is 11.8. The fraction of sp³-hybridized carbons (Fsp3) is 0.0556. The van der Waals surface area contributed by atoms with Crippen LogP contribution in [0.5, 0.6) is 5.75 Å². The Labute approximate surface area is 138 Å². The molecule has 0 aliphatic carbocycles. The van der Waals surface area contributed by atoms with Crippen molar-refractivity contribution in [3.05, 3.63) is 75.8 Å². The smallest absolute Gasteiger partial charge is 0.194 e. The molecule has 0 atom stereocenters. The van der Waals surface area contributed by atoms with Crippen molar-refractivity contribution >= 4 is 39.8 Å². The quantitative estimate of drug-likeness (QED) is 0.602. The Hall–Kier alpha value is -2.03. The van der Waals surface area contributed by atoms with E-state index in [-0.39, 0.29) is 5.78 Å². The topological polar surface area (TPSA) is 26.3 Å². The van der Waals surface area contributed by atoms with Crippen LogP contribution in [0.4, 0.5) is 0 Å². The fourth-order valence-electron chi connectivity index (χ4n) is 2.32. The van der Waals surface area contributed by atoms with Gasteiger partial charge in [-0.2, -0.15) is 0 Å². The van der Waals surface area contributed by atoms with E-state index in [0.717, 1.165) is 16.5 Å². The minimum atomic E-state index is -0.148. The summed E-state index contributed by atoms with van der Waals surface area (Å²) in [6, 6.07) is 16.1. The van der Waals surface area contributed by atoms with E-state index in [0.29, 0.717) is 21.2 Å². The molecular formula is C18H12Cl2O2. The Morgan fingerprint density at radius 1 is 0.909 bits per heavy atom. The van der Waals surface area contributed by atoms with Crippen molar-refractivity contribution in [3.63, 3.8) is 0 Å². The SMILES string of the molecule is COc1ccc2cc(C(=O)c3cc(Cl)ccc3Cl)ccc2c1. The van der Waals surface area contributed by atoms with Gasteiger partial charge in [-0.15, -0.1) is 0 Å². The number of methoxy groups -OCH3 is 1. The lowest BCUT2D eigenvalue weighted by molar-refractivity contribution is 0.103. The molecule has 0 fully saturated rings. The van der Waals surface area contributed by atoms with Gasteiger partial charge < -0.3 is 4.74 Å². The third kappa shape index (κ3) is 2.80. The van der Waals surface area contributed by atoms with Crippen molar-refractivity contribution in [3.8, 4) is 5.75 Å². The number of halogens is 2. The van der Waals surface area contributed by atoms with Crippen LogP contribution >= 0.6 is 23.2 Å². The van der Waals surface area contributed by atoms with Gasteiger partial charge in [-0.05, 0) is 47.2 Å². The maximum absolute atomic E-state index is 12.6. The van der Waals surface area contributed by atoms with E-state index < -0.39 is 0 Å². The number of carbonyl (C=O) groups is 1. The van der Waals surface area contributed by atoms with Gasteiger partial charge in [0.1, 0.15) is 5.75 Å². The lowest BCUT2D eigenvalue weighted by Gasteiger charge is -2.07. The normalized spacial score (nSPS) is 10.7. The fourth-order valence-corrected chi connectivity index (χ4v) is 2.69. The standard InChI is InChI=1S/C18H12Cl2O2/c1-22-15-6-4-11-8-13(3-2-12(11)9-15)18(21)16-10-14(19)5-7-17(16)20/h2-10H,1H3. The molecule has 2 nitrogen and oxygen atoms in total. The molecule has 0 aliphatic heterocycles. The molecule has 110 valence electrons. The van der Waals surface area contributed by atoms with Crippen LogP contribution in [-0.2, 0) is 0 Å². The van der Waals surface area contributed by atoms with E-state index in [1.165, 1.54) is 0 Å². The number of benzene rings is 3. The number of ketones is 1. The molecule has 0 N–H and O–H groups in total. The molecule has 0 saturated heterocycles. The van der Waals surface area contributed by atoms with Crippen molar-refractivity contribution in [1.29, 1.82) is 0 Å². The van der Waals surface area contributed by atoms with Gasteiger partial charge in [-0.1, -0.05) is 41.4 Å². The minimum absolute atomic E-state index is 0.148. The first kappa shape index (κ1) is 14.9. The summed E-state index contributed by atoms with van der Waals surface area (Å²) in [5, 5.41) is 2.85. The highest BCUT2D eigenvalue weighted by atomic mass is 35.5. The molecule has 22 heavy (non-hydrogen) atoms. The molecule has 0 bridgehead atoms. The number of carbonyl (C=O) groups excluding carboxylic acids is 1. The molecule has 4 heteroatoms. The van der Waals surface area contributed by atoms with Gasteiger partial charge in [0.25, 0.3) is 0 Å². The van der Waals surface area contributed by atoms with Crippen LogP contribution in [0.2, 0.25) is 10.0 Å². The van der Waals surface area contributed by atoms with Gasteiger partial charge in [0, 0.05) is 16.1 Å². The highest BCUT2D eigenvalue weighted by molar-refractivity contribution is 6.36. The number of ether oxygens (including phenoxy) is 1. The maximum atomic E-state index is 12.6. The molecule has 3 aromatic carbocycles. The number of hydrogen-bond acceptors (Lipinski definition) is 2. The van der Waals surface area contributed by atoms with Crippen molar-refractivity contribution in [2.45, 2.75) is 0 Å². The molecule has 0 unspecified atom stereocenters. The molecule has 0 aliphatic rings. The summed E-state index contributed by atoms with van der Waals surface area (Å²) in [6.07, 6.45) is 0. The van der Waals surface area contributed by atoms with Crippen molar-refractivity contribution in [1.82, 2.24) is 0 Å². The lowest BCUT2D eigenvalue weighted by Crippen LogP contribution is -2.02. The number of fused-ring (bicyclic) bond motifs is 1. The van der Waals surface area contributed by atoms with Crippen LogP contribution in [-0.4, -0.2) is 12.9 Å². The Balaban J connectivity index is 2.06. The summed E-state index contributed by atoms with van der Waals surface area (Å²) in [4.78, 5) is 12.6. The Kier molecular flexibility index (Phi) is 4.06. The molecule has 0 spiro atoms. The van der Waals surface area contributed by atoms with Crippen LogP contribution in [0.1, 0.15) is 15.9 Å². The van der Waals surface area contributed by atoms with Crippen molar-refractivity contribution < 1.29 is 9.53 Å². The minimum Gasteiger partial charge on any atom is -0.497 e. The third-order valence-corrected chi connectivity index (χ3v) is 4.05. The van der Waals surface area contributed by atoms with E-state index >= 15 is 0 Å². The number of rotatable bonds is 3. The monoisotopic (exact) mass is 330 g/mol. The van der Waals surface area contributed by atoms with Crippen LogP contribution in [0.3, 0.4) is 0 Å². The predicted molar refractivity (Wildman–Crippen MR) is 90.4 cm³/mol. The van der Waals surface area contributed by atoms with Crippen molar-refractivity contribution in [2.75, 3.05) is 7.11 Å². The zero-order chi connectivity index (χ0) is 15.7. The predicted octanol–water partition coefficient (Wildman–Crippen LogP) is 5.39. The number of hydrogen-bond donors (Lipinski definition) is 0. The average molecular weight is 331 g/mol. The highest BCUT2D eigenvalue weighted by Crippen LogP contribution is 2.26. The van der Waals surface area contributed by atoms with E-state index in [1.807, 2.05) is 30.3 Å². The maximum Gasteiger partial charge on any atom is 0.194 e. The summed E-state index contributed by atoms with van der Waals surface area (Å²) >= 11 is 12.1. The van der Waals surface area contributed by atoms with Gasteiger partial charge in [0.2, 0.25) is 0 Å². The average Bonchev–Trinajstić information content (AvgIpc) is 2.55. The first-order valence-electron chi connectivity index (χ1n) is 6.66. The van der Waals surface area contributed by atoms with E-state index in [1.54, 1.807) is 31.4 Å². The van der Waals surface area contributed by atoms with Crippen LogP contribution in [0.15, 0.2) is 54.6 Å². The van der Waals surface area contributed by atoms with Crippen LogP contribution in [0.25, 0.3) is 10.8 Å². The largest absolute Gasteiger partial charge is 0.497 e. The molecule has 0 aromatic heterocycles. The summed E-state index contributed by atoms with van der Waals surface area (Å²) in [7, 11) is 1.63. The van der Waals surface area contributed by atoms with Crippen LogP contribution < -0.4 is 4.74 Å². The molecular weight excluding hydrogens is 319 g/mol. The Bertz CT molecular complexity index is 872. The molecule has 3 aromatic rings. The van der Waals surface area contributed by atoms with Gasteiger partial charge >= 0.3 is 0 Å². The second-order valence-electron chi connectivity index (χ2n) is 4.88. The van der Waals surface area contributed by atoms with Crippen molar-refractivity contribution in [2.24, 2.45) is 0 Å². The van der Waals surface area contributed by atoms with E-state index in [4.69, 9.17) is 27.9 Å². The Morgan fingerprint density at radius 3 is 2.41 bits per heavy atom. The Morgan fingerprint density at radius 2 is 1.64 bits per heavy atom. The molecule has 3 rings (SSSR count). The second kappa shape index (κ2) is 5.99. The summed E-state index contributed by atoms with van der Waals surface area (Å²) < 4.78 is 5.20. The van der Waals surface area contributed by atoms with Gasteiger partial charge in [0.05, 0.1) is 12.1 Å². The zero-order valence-corrected chi connectivity index (χ0v) is 13.3. The first-order valence-corrected chi connectivity index (χ1v) is 7.41. The summed E-state index contributed by atoms with van der Waals surface area (Å²) in [6.45, 7) is 0. The third-order valence-electron chi connectivity index (χ3n) is 3.48. The summed E-state index contributed by atoms with van der Waals surface area (Å²) in [5.74, 6) is 0.634. The highest BCUT2D eigenvalue weighted by Gasteiger charge is 2.14. The second-order valence-corrected chi connectivity index (χ2v) is 5.72. The van der Waals surface area contributed by atoms with Gasteiger partial charge in [0.15, 0.2) is 5.78 Å². The summed E-state index contributed by atoms with van der Waals surface area (Å²) in [5.41, 5.74) is 0.976. The lowest BCUT2D eigenvalue weighted by atomic mass is 10.00. The molecule has 0 amide bonds. The van der Waals surface area contributed by atoms with Gasteiger partial charge in [-0.3, -0.25) is 4.79 Å².